The van der Waals surface area contributed by atoms with Crippen LogP contribution in [-0.4, -0.2) is 46.2 Å². The molecule has 0 amide bonds. The molecule has 0 radical (unpaired) electrons. The van der Waals surface area contributed by atoms with E-state index in [0.717, 1.165) is 32.4 Å². The minimum Gasteiger partial charge on any atom is -0.480 e. The van der Waals surface area contributed by atoms with E-state index in [0.29, 0.717) is 44.5 Å². The molecule has 2 aromatic heterocycles. The zero-order valence-corrected chi connectivity index (χ0v) is 21.8. The molecule has 3 aromatic rings. The highest BCUT2D eigenvalue weighted by Crippen LogP contribution is 2.52. The predicted molar refractivity (Wildman–Crippen MR) is 143 cm³/mol. The second-order valence-electron chi connectivity index (χ2n) is 11.3. The summed E-state index contributed by atoms with van der Waals surface area (Å²) in [5.74, 6) is -2.21. The van der Waals surface area contributed by atoms with Crippen LogP contribution in [0.3, 0.4) is 0 Å². The summed E-state index contributed by atoms with van der Waals surface area (Å²) < 4.78 is 36.7. The number of alkyl halides is 2. The van der Waals surface area contributed by atoms with Crippen molar-refractivity contribution in [2.75, 3.05) is 35.2 Å². The van der Waals surface area contributed by atoms with Crippen molar-refractivity contribution in [3.05, 3.63) is 39.8 Å². The zero-order valence-electron chi connectivity index (χ0n) is 21.1. The molecule has 1 saturated heterocycles. The van der Waals surface area contributed by atoms with E-state index in [2.05, 4.69) is 20.5 Å². The quantitative estimate of drug-likeness (QED) is 0.461. The van der Waals surface area contributed by atoms with Crippen molar-refractivity contribution in [2.45, 2.75) is 50.5 Å². The van der Waals surface area contributed by atoms with Crippen LogP contribution in [0.1, 0.15) is 38.5 Å². The number of benzene rings is 1. The van der Waals surface area contributed by atoms with E-state index in [1.54, 1.807) is 19.3 Å². The predicted octanol–water partition coefficient (Wildman–Crippen LogP) is 5.32. The SMILES string of the molecule is Cn1c(=O)c2c(c3cc(Nc4nc(N5CCCC6(CC6)C5)ncc4Cl)ccc31)N[C@@H](C1CC1)C(F)(F)CO2. The molecule has 38 heavy (non-hydrogen) atoms. The Hall–Kier alpha value is -3.14. The Bertz CT molecular complexity index is 1500. The van der Waals surface area contributed by atoms with Gasteiger partial charge in [0.1, 0.15) is 5.02 Å². The molecule has 7 rings (SSSR count). The van der Waals surface area contributed by atoms with Gasteiger partial charge in [-0.3, -0.25) is 4.79 Å². The highest BCUT2D eigenvalue weighted by atomic mass is 35.5. The van der Waals surface area contributed by atoms with Gasteiger partial charge < -0.3 is 24.8 Å². The maximum absolute atomic E-state index is 14.9. The molecule has 0 bridgehead atoms. The van der Waals surface area contributed by atoms with Gasteiger partial charge >= 0.3 is 5.92 Å². The number of anilines is 4. The maximum atomic E-state index is 14.9. The van der Waals surface area contributed by atoms with Crippen LogP contribution in [0, 0.1) is 11.3 Å². The molecule has 2 aliphatic heterocycles. The van der Waals surface area contributed by atoms with Gasteiger partial charge in [-0.2, -0.15) is 4.98 Å². The lowest BCUT2D eigenvalue weighted by atomic mass is 9.95. The van der Waals surface area contributed by atoms with Gasteiger partial charge in [-0.15, -0.1) is 0 Å². The van der Waals surface area contributed by atoms with Gasteiger partial charge in [0.2, 0.25) is 11.7 Å². The first-order chi connectivity index (χ1) is 18.2. The van der Waals surface area contributed by atoms with E-state index < -0.39 is 24.1 Å². The van der Waals surface area contributed by atoms with Crippen LogP contribution < -0.4 is 25.8 Å². The Morgan fingerprint density at radius 3 is 2.82 bits per heavy atom. The number of hydrogen-bond acceptors (Lipinski definition) is 7. The average Bonchev–Trinajstić information content (AvgIpc) is 3.83. The van der Waals surface area contributed by atoms with Gasteiger partial charge in [-0.1, -0.05) is 11.6 Å². The first-order valence-electron chi connectivity index (χ1n) is 13.2. The average molecular weight is 543 g/mol. The monoisotopic (exact) mass is 542 g/mol. The van der Waals surface area contributed by atoms with Gasteiger partial charge in [-0.25, -0.2) is 13.8 Å². The van der Waals surface area contributed by atoms with Crippen molar-refractivity contribution in [2.24, 2.45) is 18.4 Å². The number of nitrogens with zero attached hydrogens (tertiary/aromatic N) is 4. The number of piperidine rings is 1. The summed E-state index contributed by atoms with van der Waals surface area (Å²) in [6.45, 7) is 1.05. The van der Waals surface area contributed by atoms with Crippen molar-refractivity contribution in [1.82, 2.24) is 14.5 Å². The largest absolute Gasteiger partial charge is 0.480 e. The van der Waals surface area contributed by atoms with E-state index in [-0.39, 0.29) is 11.7 Å². The Labute approximate surface area is 223 Å². The fourth-order valence-corrected chi connectivity index (χ4v) is 6.12. The molecule has 1 atom stereocenters. The minimum atomic E-state index is -3.09. The standard InChI is InChI=1S/C27H29ClF2N6O2/c1-35-19-6-5-16(32-23-18(28)12-31-25(34-23)36-10-2-7-26(13-36)8-9-26)11-17(19)20-21(24(35)37)38-14-27(29,30)22(33-20)15-3-4-15/h5-6,11-12,15,22,33H,2-4,7-10,13-14H2,1H3,(H,31,32,34)/t22-/m0/s1. The smallest absolute Gasteiger partial charge is 0.301 e. The number of halogens is 3. The summed E-state index contributed by atoms with van der Waals surface area (Å²) in [7, 11) is 1.61. The van der Waals surface area contributed by atoms with Crippen molar-refractivity contribution in [1.29, 1.82) is 0 Å². The van der Waals surface area contributed by atoms with Gasteiger partial charge in [0, 0.05) is 31.2 Å². The third-order valence-electron chi connectivity index (χ3n) is 8.51. The topological polar surface area (TPSA) is 84.3 Å². The Kier molecular flexibility index (Phi) is 5.31. The van der Waals surface area contributed by atoms with Gasteiger partial charge in [0.05, 0.1) is 23.4 Å². The fraction of sp³-hybridized carbons (Fsp3) is 0.519. The van der Waals surface area contributed by atoms with Crippen molar-refractivity contribution >= 4 is 45.6 Å². The number of aryl methyl sites for hydroxylation is 1. The number of pyridine rings is 1. The van der Waals surface area contributed by atoms with Crippen LogP contribution in [0.15, 0.2) is 29.2 Å². The Balaban J connectivity index is 1.26. The highest BCUT2D eigenvalue weighted by molar-refractivity contribution is 6.33. The molecule has 2 aliphatic carbocycles. The first kappa shape index (κ1) is 23.9. The fourth-order valence-electron chi connectivity index (χ4n) is 5.98. The molecule has 2 saturated carbocycles. The zero-order chi connectivity index (χ0) is 26.2. The summed E-state index contributed by atoms with van der Waals surface area (Å²) in [4.78, 5) is 24.5. The van der Waals surface area contributed by atoms with Crippen LogP contribution in [0.5, 0.6) is 5.75 Å². The molecule has 4 heterocycles. The molecule has 3 fully saturated rings. The molecule has 0 unspecified atom stereocenters. The molecule has 1 spiro atoms. The number of hydrogen-bond donors (Lipinski definition) is 2. The van der Waals surface area contributed by atoms with Crippen molar-refractivity contribution in [3.63, 3.8) is 0 Å². The molecule has 2 N–H and O–H groups in total. The molecular formula is C27H29ClF2N6O2. The molecule has 4 aliphatic rings. The maximum Gasteiger partial charge on any atom is 0.301 e. The van der Waals surface area contributed by atoms with Crippen molar-refractivity contribution < 1.29 is 13.5 Å². The van der Waals surface area contributed by atoms with Gasteiger partial charge in [0.15, 0.2) is 12.4 Å². The molecule has 1 aromatic carbocycles. The highest BCUT2D eigenvalue weighted by Gasteiger charge is 2.51. The number of nitrogens with one attached hydrogen (secondary N) is 2. The van der Waals surface area contributed by atoms with Crippen LogP contribution >= 0.6 is 11.6 Å². The summed E-state index contributed by atoms with van der Waals surface area (Å²) in [6, 6.07) is 4.33. The van der Waals surface area contributed by atoms with E-state index in [9.17, 15) is 13.6 Å². The third-order valence-corrected chi connectivity index (χ3v) is 8.78. The minimum absolute atomic E-state index is 0.0820. The van der Waals surface area contributed by atoms with E-state index in [1.807, 2.05) is 12.1 Å². The summed E-state index contributed by atoms with van der Waals surface area (Å²) in [5.41, 5.74) is 1.53. The lowest BCUT2D eigenvalue weighted by Gasteiger charge is -2.33. The van der Waals surface area contributed by atoms with Crippen molar-refractivity contribution in [3.8, 4) is 5.75 Å². The number of aromatic nitrogens is 3. The van der Waals surface area contributed by atoms with E-state index >= 15 is 0 Å². The second-order valence-corrected chi connectivity index (χ2v) is 11.7. The summed E-state index contributed by atoms with van der Waals surface area (Å²) in [5, 5.41) is 7.28. The first-order valence-corrected chi connectivity index (χ1v) is 13.6. The normalized spacial score (nSPS) is 23.4. The van der Waals surface area contributed by atoms with E-state index in [4.69, 9.17) is 21.3 Å². The molecule has 8 nitrogen and oxygen atoms in total. The van der Waals surface area contributed by atoms with Crippen LogP contribution in [0.4, 0.5) is 31.9 Å². The van der Waals surface area contributed by atoms with Crippen LogP contribution in [0.25, 0.3) is 10.9 Å². The Morgan fingerprint density at radius 1 is 1.24 bits per heavy atom. The van der Waals surface area contributed by atoms with Crippen LogP contribution in [0.2, 0.25) is 5.02 Å². The number of ether oxygens (including phenoxy) is 1. The van der Waals surface area contributed by atoms with Crippen LogP contribution in [-0.2, 0) is 7.05 Å². The van der Waals surface area contributed by atoms with Gasteiger partial charge in [0.25, 0.3) is 5.56 Å². The van der Waals surface area contributed by atoms with E-state index in [1.165, 1.54) is 23.8 Å². The van der Waals surface area contributed by atoms with Gasteiger partial charge in [-0.05, 0) is 68.1 Å². The lowest BCUT2D eigenvalue weighted by molar-refractivity contribution is -0.0579. The third kappa shape index (κ3) is 4.04. The number of fused-ring (bicyclic) bond motifs is 3. The molecule has 200 valence electrons. The number of rotatable bonds is 4. The second kappa shape index (κ2) is 8.43. The summed E-state index contributed by atoms with van der Waals surface area (Å²) >= 11 is 6.48. The lowest BCUT2D eigenvalue weighted by Crippen LogP contribution is -2.44. The molecule has 11 heteroatoms. The summed E-state index contributed by atoms with van der Waals surface area (Å²) in [6.07, 6.45) is 7.97. The molecular weight excluding hydrogens is 514 g/mol. The Morgan fingerprint density at radius 2 is 2.05 bits per heavy atom.